The number of aromatic nitrogens is 1. The highest BCUT2D eigenvalue weighted by atomic mass is 32.1. The van der Waals surface area contributed by atoms with Gasteiger partial charge < -0.3 is 14.0 Å². The summed E-state index contributed by atoms with van der Waals surface area (Å²) in [7, 11) is -1.19. The van der Waals surface area contributed by atoms with Crippen LogP contribution in [0.4, 0.5) is 0 Å². The molecule has 4 nitrogen and oxygen atoms in total. The molecule has 0 bridgehead atoms. The van der Waals surface area contributed by atoms with Crippen molar-refractivity contribution >= 4 is 24.0 Å². The van der Waals surface area contributed by atoms with Gasteiger partial charge in [0.1, 0.15) is 0 Å². The van der Waals surface area contributed by atoms with Crippen LogP contribution in [0.2, 0.25) is 0 Å². The molecule has 1 aromatic rings. The molecule has 6 heteroatoms. The molecule has 19 heavy (non-hydrogen) atoms. The molecule has 0 radical (unpaired) electrons. The van der Waals surface area contributed by atoms with Crippen LogP contribution < -0.4 is 10.3 Å². The van der Waals surface area contributed by atoms with Gasteiger partial charge in [-0.05, 0) is 48.3 Å². The average molecular weight is 293 g/mol. The molecule has 106 valence electrons. The fourth-order valence-electron chi connectivity index (χ4n) is 1.56. The maximum Gasteiger partial charge on any atom is 0.515 e. The fraction of sp³-hybridized carbons (Fsp3) is 0.769. The second-order valence-electron chi connectivity index (χ2n) is 5.21. The quantitative estimate of drug-likeness (QED) is 0.803. The summed E-state index contributed by atoms with van der Waals surface area (Å²) in [5.41, 5.74) is -1.77. The van der Waals surface area contributed by atoms with Crippen molar-refractivity contribution in [2.75, 3.05) is 0 Å². The van der Waals surface area contributed by atoms with Crippen LogP contribution in [0.1, 0.15) is 60.0 Å². The highest BCUT2D eigenvalue weighted by Crippen LogP contribution is 2.37. The number of thiazole rings is 1. The second-order valence-corrected chi connectivity index (χ2v) is 6.18. The lowest BCUT2D eigenvalue weighted by atomic mass is 9.84. The van der Waals surface area contributed by atoms with Crippen LogP contribution in [0.5, 0.6) is 5.19 Å². The smallest absolute Gasteiger partial charge is 0.467 e. The minimum atomic E-state index is -3.35. The predicted molar refractivity (Wildman–Crippen MR) is 78.3 cm³/mol. The van der Waals surface area contributed by atoms with E-state index in [-0.39, 0.29) is 10.5 Å². The second kappa shape index (κ2) is 4.75. The van der Waals surface area contributed by atoms with E-state index in [9.17, 15) is 0 Å². The van der Waals surface area contributed by atoms with Crippen molar-refractivity contribution in [3.8, 4) is 5.19 Å². The van der Waals surface area contributed by atoms with Crippen molar-refractivity contribution in [2.45, 2.75) is 65.5 Å². The highest BCUT2D eigenvalue weighted by Gasteiger charge is 2.53. The van der Waals surface area contributed by atoms with Gasteiger partial charge in [0.25, 0.3) is 5.19 Å². The van der Waals surface area contributed by atoms with Crippen LogP contribution in [0.25, 0.3) is 0 Å². The fourth-order valence-corrected chi connectivity index (χ4v) is 2.25. The molecule has 0 saturated carbocycles. The van der Waals surface area contributed by atoms with Gasteiger partial charge in [-0.25, -0.2) is 4.98 Å². The van der Waals surface area contributed by atoms with Gasteiger partial charge in [-0.15, -0.1) is 0 Å². The van der Waals surface area contributed by atoms with Gasteiger partial charge >= 0.3 is 7.12 Å². The first-order chi connectivity index (χ1) is 12.6. The Kier molecular flexibility index (Phi) is 1.62. The Morgan fingerprint density at radius 3 is 2.47 bits per heavy atom. The monoisotopic (exact) mass is 293 g/mol. The van der Waals surface area contributed by atoms with Gasteiger partial charge in [-0.2, -0.15) is 0 Å². The van der Waals surface area contributed by atoms with Crippen LogP contribution in [-0.2, 0) is 9.31 Å². The summed E-state index contributed by atoms with van der Waals surface area (Å²) in [6, 6.07) is 0. The van der Waals surface area contributed by atoms with Crippen molar-refractivity contribution in [2.24, 2.45) is 0 Å². The standard InChI is InChI=1S/C13H22BNO3S/c1-8(2)16-11-15-10(9(3)19-11)14-17-12(4,5)13(6,7)18-14/h8H,1-7H3/i1D3,2D3,3D3,8D. The van der Waals surface area contributed by atoms with Crippen LogP contribution in [-0.4, -0.2) is 29.4 Å². The van der Waals surface area contributed by atoms with E-state index in [2.05, 4.69) is 4.98 Å². The minimum Gasteiger partial charge on any atom is -0.467 e. The summed E-state index contributed by atoms with van der Waals surface area (Å²) in [4.78, 5) is 3.67. The summed E-state index contributed by atoms with van der Waals surface area (Å²) >= 11 is 0.437. The first kappa shape index (κ1) is 6.45. The largest absolute Gasteiger partial charge is 0.515 e. The number of hydrogen-bond acceptors (Lipinski definition) is 5. The molecule has 0 atom stereocenters. The zero-order valence-electron chi connectivity index (χ0n) is 21.2. The molecule has 1 aliphatic rings. The number of ether oxygens (including phenoxy) is 1. The normalized spacial score (nSPS) is 31.5. The summed E-state index contributed by atoms with van der Waals surface area (Å²) in [5, 5.41) is -0.580. The Morgan fingerprint density at radius 1 is 1.32 bits per heavy atom. The van der Waals surface area contributed by atoms with Crippen LogP contribution in [0.3, 0.4) is 0 Å². The predicted octanol–water partition coefficient (Wildman–Crippen LogP) is 2.54. The van der Waals surface area contributed by atoms with Crippen LogP contribution >= 0.6 is 11.3 Å². The SMILES string of the molecule is [2H]C([2H])([2H])c1sc(OC([2H])(C([2H])([2H])[2H])C([2H])([2H])[2H])nc1B1OC(C)(C)C(C)(C)O1. The number of rotatable bonds is 3. The Hall–Kier alpha value is -0.585. The first-order valence-electron chi connectivity index (χ1n) is 10.7. The van der Waals surface area contributed by atoms with Gasteiger partial charge in [0, 0.05) is 17.2 Å². The van der Waals surface area contributed by atoms with Gasteiger partial charge in [-0.1, -0.05) is 11.3 Å². The molecular weight excluding hydrogens is 261 g/mol. The molecule has 2 rings (SSSR count). The summed E-state index contributed by atoms with van der Waals surface area (Å²) in [6.07, 6.45) is -3.34. The average Bonchev–Trinajstić information content (AvgIpc) is 2.95. The van der Waals surface area contributed by atoms with E-state index in [0.717, 1.165) is 0 Å². The van der Waals surface area contributed by atoms with Gasteiger partial charge in [0.05, 0.1) is 24.2 Å². The van der Waals surface area contributed by atoms with Crippen molar-refractivity contribution in [1.29, 1.82) is 0 Å². The number of aryl methyl sites for hydroxylation is 1. The lowest BCUT2D eigenvalue weighted by Crippen LogP contribution is -2.41. The zero-order chi connectivity index (χ0) is 22.8. The molecule has 1 aromatic heterocycles. The molecule has 0 N–H and O–H groups in total. The summed E-state index contributed by atoms with van der Waals surface area (Å²) in [6.45, 7) is -2.37. The van der Waals surface area contributed by atoms with Crippen LogP contribution in [0.15, 0.2) is 0 Å². The number of nitrogens with zero attached hydrogens (tertiary/aromatic N) is 1. The molecule has 0 aromatic carbocycles. The summed E-state index contributed by atoms with van der Waals surface area (Å²) in [5.74, 6) is 0. The maximum absolute atomic E-state index is 7.95. The third kappa shape index (κ3) is 2.80. The Bertz CT molecular complexity index is 740. The van der Waals surface area contributed by atoms with Crippen molar-refractivity contribution in [1.82, 2.24) is 4.98 Å². The molecule has 0 spiro atoms. The van der Waals surface area contributed by atoms with Gasteiger partial charge in [0.15, 0.2) is 0 Å². The molecule has 1 saturated heterocycles. The van der Waals surface area contributed by atoms with Gasteiger partial charge in [0.2, 0.25) is 0 Å². The van der Waals surface area contributed by atoms with Crippen molar-refractivity contribution < 1.29 is 27.8 Å². The number of hydrogen-bond donors (Lipinski definition) is 0. The van der Waals surface area contributed by atoms with E-state index in [1.54, 1.807) is 27.7 Å². The van der Waals surface area contributed by atoms with Crippen molar-refractivity contribution in [3.63, 3.8) is 0 Å². The van der Waals surface area contributed by atoms with Crippen molar-refractivity contribution in [3.05, 3.63) is 4.88 Å². The molecule has 0 unspecified atom stereocenters. The van der Waals surface area contributed by atoms with E-state index in [0.29, 0.717) is 11.3 Å². The molecule has 1 fully saturated rings. The summed E-state index contributed by atoms with van der Waals surface area (Å²) < 4.78 is 92.3. The molecule has 2 heterocycles. The third-order valence-electron chi connectivity index (χ3n) is 3.30. The molecule has 1 aliphatic heterocycles. The van der Waals surface area contributed by atoms with E-state index >= 15 is 0 Å². The van der Waals surface area contributed by atoms with Gasteiger partial charge in [-0.3, -0.25) is 0 Å². The topological polar surface area (TPSA) is 40.6 Å². The molecule has 0 aliphatic carbocycles. The lowest BCUT2D eigenvalue weighted by Gasteiger charge is -2.32. The molecule has 0 amide bonds. The molecular formula is C13H22BNO3S. The minimum absolute atomic E-state index is 0.165. The Balaban J connectivity index is 2.53. The van der Waals surface area contributed by atoms with E-state index in [4.69, 9.17) is 27.8 Å². The highest BCUT2D eigenvalue weighted by molar-refractivity contribution is 7.14. The Labute approximate surface area is 133 Å². The van der Waals surface area contributed by atoms with E-state index in [1.807, 2.05) is 0 Å². The van der Waals surface area contributed by atoms with E-state index in [1.165, 1.54) is 0 Å². The lowest BCUT2D eigenvalue weighted by molar-refractivity contribution is 0.00578. The first-order valence-corrected chi connectivity index (χ1v) is 6.50. The van der Waals surface area contributed by atoms with E-state index < -0.39 is 50.1 Å². The Morgan fingerprint density at radius 2 is 1.95 bits per heavy atom. The maximum atomic E-state index is 7.95. The zero-order valence-corrected chi connectivity index (χ0v) is 12.0. The van der Waals surface area contributed by atoms with Crippen LogP contribution in [0, 0.1) is 6.85 Å². The third-order valence-corrected chi connectivity index (χ3v) is 4.06.